The summed E-state index contributed by atoms with van der Waals surface area (Å²) in [5.74, 6) is 0.517. The summed E-state index contributed by atoms with van der Waals surface area (Å²) in [6.45, 7) is 0.377. The van der Waals surface area contributed by atoms with Crippen molar-refractivity contribution >= 4 is 38.5 Å². The van der Waals surface area contributed by atoms with Gasteiger partial charge in [0.05, 0.1) is 5.02 Å². The van der Waals surface area contributed by atoms with Crippen LogP contribution in [0.15, 0.2) is 50.1 Å². The maximum absolute atomic E-state index is 12.3. The third-order valence-corrected chi connectivity index (χ3v) is 5.69. The highest BCUT2D eigenvalue weighted by atomic mass is 79.9. The predicted molar refractivity (Wildman–Crippen MR) is 103 cm³/mol. The van der Waals surface area contributed by atoms with E-state index in [1.54, 1.807) is 6.07 Å². The topological polar surface area (TPSA) is 39.4 Å². The van der Waals surface area contributed by atoms with Crippen LogP contribution in [0.1, 0.15) is 29.5 Å². The second-order valence-corrected chi connectivity index (χ2v) is 7.47. The number of benzene rings is 2. The SMILES string of the molecule is O=c1oc2cc(OCc3ccccc3Br)c(Cl)cc2c2c1CCCC2. The lowest BCUT2D eigenvalue weighted by Gasteiger charge is -2.17. The Morgan fingerprint density at radius 3 is 2.68 bits per heavy atom. The van der Waals surface area contributed by atoms with E-state index >= 15 is 0 Å². The van der Waals surface area contributed by atoms with E-state index in [-0.39, 0.29) is 5.63 Å². The molecule has 1 aliphatic carbocycles. The molecule has 0 amide bonds. The molecule has 1 aliphatic rings. The molecule has 0 radical (unpaired) electrons. The van der Waals surface area contributed by atoms with Gasteiger partial charge in [-0.25, -0.2) is 4.79 Å². The van der Waals surface area contributed by atoms with Gasteiger partial charge < -0.3 is 9.15 Å². The molecule has 0 atom stereocenters. The van der Waals surface area contributed by atoms with Crippen LogP contribution in [0.2, 0.25) is 5.02 Å². The Hall–Kier alpha value is -1.78. The van der Waals surface area contributed by atoms with Gasteiger partial charge in [-0.1, -0.05) is 45.7 Å². The van der Waals surface area contributed by atoms with Crippen LogP contribution >= 0.6 is 27.5 Å². The summed E-state index contributed by atoms with van der Waals surface area (Å²) in [7, 11) is 0. The fourth-order valence-corrected chi connectivity index (χ4v) is 3.94. The number of ether oxygens (including phenoxy) is 1. The standard InChI is InChI=1S/C20H16BrClO3/c21-16-8-4-1-5-12(16)11-24-19-10-18-15(9-17(19)22)13-6-2-3-7-14(13)20(23)25-18/h1,4-5,8-10H,2-3,6-7,11H2. The zero-order chi connectivity index (χ0) is 17.4. The van der Waals surface area contributed by atoms with Gasteiger partial charge in [0.25, 0.3) is 0 Å². The van der Waals surface area contributed by atoms with Gasteiger partial charge >= 0.3 is 5.63 Å². The maximum Gasteiger partial charge on any atom is 0.339 e. The highest BCUT2D eigenvalue weighted by Crippen LogP contribution is 2.34. The van der Waals surface area contributed by atoms with Gasteiger partial charge in [0.2, 0.25) is 0 Å². The monoisotopic (exact) mass is 418 g/mol. The van der Waals surface area contributed by atoms with Crippen LogP contribution in [-0.4, -0.2) is 0 Å². The third kappa shape index (κ3) is 3.21. The molecule has 0 bridgehead atoms. The minimum atomic E-state index is -0.235. The molecule has 0 fully saturated rings. The van der Waals surface area contributed by atoms with Crippen LogP contribution in [0.25, 0.3) is 11.0 Å². The molecule has 1 heterocycles. The van der Waals surface area contributed by atoms with Crippen LogP contribution in [0.4, 0.5) is 0 Å². The molecule has 128 valence electrons. The fourth-order valence-electron chi connectivity index (χ4n) is 3.33. The zero-order valence-corrected chi connectivity index (χ0v) is 15.8. The second-order valence-electron chi connectivity index (χ2n) is 6.21. The molecule has 0 unspecified atom stereocenters. The van der Waals surface area contributed by atoms with Crippen molar-refractivity contribution in [1.29, 1.82) is 0 Å². The van der Waals surface area contributed by atoms with E-state index in [4.69, 9.17) is 20.8 Å². The van der Waals surface area contributed by atoms with Gasteiger partial charge in [-0.2, -0.15) is 0 Å². The molecule has 3 aromatic rings. The Balaban J connectivity index is 1.72. The summed E-state index contributed by atoms with van der Waals surface area (Å²) in [5.41, 5.74) is 3.21. The molecular weight excluding hydrogens is 404 g/mol. The summed E-state index contributed by atoms with van der Waals surface area (Å²) in [6, 6.07) is 11.4. The lowest BCUT2D eigenvalue weighted by molar-refractivity contribution is 0.305. The normalized spacial score (nSPS) is 13.7. The van der Waals surface area contributed by atoms with E-state index in [9.17, 15) is 4.79 Å². The first-order valence-electron chi connectivity index (χ1n) is 8.28. The molecule has 0 saturated heterocycles. The number of hydrogen-bond acceptors (Lipinski definition) is 3. The average Bonchev–Trinajstić information content (AvgIpc) is 2.62. The summed E-state index contributed by atoms with van der Waals surface area (Å²) in [4.78, 5) is 12.3. The smallest absolute Gasteiger partial charge is 0.339 e. The first-order chi connectivity index (χ1) is 12.1. The van der Waals surface area contributed by atoms with Gasteiger partial charge in [-0.15, -0.1) is 0 Å². The fraction of sp³-hybridized carbons (Fsp3) is 0.250. The molecule has 1 aromatic heterocycles. The molecule has 3 nitrogen and oxygen atoms in total. The van der Waals surface area contributed by atoms with E-state index in [0.717, 1.165) is 52.2 Å². The van der Waals surface area contributed by atoms with Crippen molar-refractivity contribution in [3.05, 3.63) is 73.0 Å². The van der Waals surface area contributed by atoms with Crippen LogP contribution in [0, 0.1) is 0 Å². The molecule has 0 aliphatic heterocycles. The third-order valence-electron chi connectivity index (χ3n) is 4.62. The Morgan fingerprint density at radius 1 is 1.12 bits per heavy atom. The van der Waals surface area contributed by atoms with Gasteiger partial charge in [0.15, 0.2) is 0 Å². The number of aryl methyl sites for hydroxylation is 1. The molecule has 25 heavy (non-hydrogen) atoms. The average molecular weight is 420 g/mol. The second kappa shape index (κ2) is 6.85. The summed E-state index contributed by atoms with van der Waals surface area (Å²) in [6.07, 6.45) is 3.80. The highest BCUT2D eigenvalue weighted by molar-refractivity contribution is 9.10. The Morgan fingerprint density at radius 2 is 1.88 bits per heavy atom. The van der Waals surface area contributed by atoms with Crippen LogP contribution in [0.5, 0.6) is 5.75 Å². The molecular formula is C20H16BrClO3. The predicted octanol–water partition coefficient (Wildman–Crippen LogP) is 5.67. The number of halogens is 2. The molecule has 0 spiro atoms. The van der Waals surface area contributed by atoms with E-state index < -0.39 is 0 Å². The van der Waals surface area contributed by atoms with Crippen molar-refractivity contribution in [3.8, 4) is 5.75 Å². The van der Waals surface area contributed by atoms with Gasteiger partial charge in [0.1, 0.15) is 17.9 Å². The van der Waals surface area contributed by atoms with Gasteiger partial charge in [-0.3, -0.25) is 0 Å². The van der Waals surface area contributed by atoms with Gasteiger partial charge in [-0.05, 0) is 43.4 Å². The first kappa shape index (κ1) is 16.7. The van der Waals surface area contributed by atoms with Gasteiger partial charge in [0, 0.05) is 27.1 Å². The Labute approximate surface area is 158 Å². The van der Waals surface area contributed by atoms with Crippen molar-refractivity contribution in [2.75, 3.05) is 0 Å². The van der Waals surface area contributed by atoms with E-state index in [1.807, 2.05) is 30.3 Å². The Kier molecular flexibility index (Phi) is 4.57. The van der Waals surface area contributed by atoms with Crippen LogP contribution in [0.3, 0.4) is 0 Å². The van der Waals surface area contributed by atoms with Crippen molar-refractivity contribution < 1.29 is 9.15 Å². The summed E-state index contributed by atoms with van der Waals surface area (Å²) in [5, 5.41) is 1.45. The number of rotatable bonds is 3. The highest BCUT2D eigenvalue weighted by Gasteiger charge is 2.19. The first-order valence-corrected chi connectivity index (χ1v) is 9.45. The summed E-state index contributed by atoms with van der Waals surface area (Å²) >= 11 is 9.94. The van der Waals surface area contributed by atoms with E-state index in [2.05, 4.69) is 15.9 Å². The van der Waals surface area contributed by atoms with Crippen molar-refractivity contribution in [2.24, 2.45) is 0 Å². The largest absolute Gasteiger partial charge is 0.487 e. The van der Waals surface area contributed by atoms with Crippen molar-refractivity contribution in [3.63, 3.8) is 0 Å². The lowest BCUT2D eigenvalue weighted by Crippen LogP contribution is -2.15. The van der Waals surface area contributed by atoms with Crippen molar-refractivity contribution in [1.82, 2.24) is 0 Å². The molecule has 0 saturated carbocycles. The minimum absolute atomic E-state index is 0.235. The maximum atomic E-state index is 12.3. The minimum Gasteiger partial charge on any atom is -0.487 e. The zero-order valence-electron chi connectivity index (χ0n) is 13.5. The lowest BCUT2D eigenvalue weighted by atomic mass is 9.91. The quantitative estimate of drug-likeness (QED) is 0.514. The summed E-state index contributed by atoms with van der Waals surface area (Å²) < 4.78 is 12.4. The molecule has 5 heteroatoms. The van der Waals surface area contributed by atoms with E-state index in [0.29, 0.717) is 23.0 Å². The molecule has 0 N–H and O–H groups in total. The molecule has 4 rings (SSSR count). The van der Waals surface area contributed by atoms with Crippen LogP contribution < -0.4 is 10.4 Å². The Bertz CT molecular complexity index is 1010. The van der Waals surface area contributed by atoms with E-state index in [1.165, 1.54) is 0 Å². The number of fused-ring (bicyclic) bond motifs is 3. The molecule has 2 aromatic carbocycles. The van der Waals surface area contributed by atoms with Crippen molar-refractivity contribution in [2.45, 2.75) is 32.3 Å². The number of hydrogen-bond donors (Lipinski definition) is 0. The van der Waals surface area contributed by atoms with Crippen LogP contribution in [-0.2, 0) is 19.4 Å².